The lowest BCUT2D eigenvalue weighted by molar-refractivity contribution is -0.118. The quantitative estimate of drug-likeness (QED) is 0.360. The van der Waals surface area contributed by atoms with Crippen LogP contribution in [-0.4, -0.2) is 32.1 Å². The van der Waals surface area contributed by atoms with Gasteiger partial charge in [-0.15, -0.1) is 5.10 Å². The Kier molecular flexibility index (Phi) is 5.81. The van der Waals surface area contributed by atoms with Crippen LogP contribution in [-0.2, 0) is 4.79 Å². The van der Waals surface area contributed by atoms with Gasteiger partial charge in [0.15, 0.2) is 11.6 Å². The Morgan fingerprint density at radius 2 is 2.00 bits per heavy atom. The molecule has 1 unspecified atom stereocenters. The number of hydrogen-bond donors (Lipinski definition) is 1. The summed E-state index contributed by atoms with van der Waals surface area (Å²) in [5.74, 6) is 0.165. The first-order chi connectivity index (χ1) is 16.2. The maximum Gasteiger partial charge on any atom is 0.227 e. The normalized spacial score (nSPS) is 18.8. The van der Waals surface area contributed by atoms with E-state index in [-0.39, 0.29) is 28.6 Å². The van der Waals surface area contributed by atoms with Gasteiger partial charge in [0.2, 0.25) is 11.1 Å². The average molecular weight is 497 g/mol. The molecule has 34 heavy (non-hydrogen) atoms. The molecule has 0 radical (unpaired) electrons. The molecule has 5 rings (SSSR count). The fraction of sp³-hybridized carbons (Fsp3) is 0.280. The third-order valence-electron chi connectivity index (χ3n) is 5.98. The molecule has 3 aromatic rings. The number of rotatable bonds is 5. The second-order valence-corrected chi connectivity index (χ2v) is 10.7. The fourth-order valence-electron chi connectivity index (χ4n) is 4.48. The second kappa shape index (κ2) is 8.67. The molecule has 0 amide bonds. The molecule has 0 saturated carbocycles. The second-order valence-electron chi connectivity index (χ2n) is 9.30. The van der Waals surface area contributed by atoms with Crippen molar-refractivity contribution in [3.8, 4) is 0 Å². The molecule has 2 aliphatic rings. The summed E-state index contributed by atoms with van der Waals surface area (Å²) in [6, 6.07) is 12.4. The summed E-state index contributed by atoms with van der Waals surface area (Å²) in [4.78, 5) is 30.4. The first-order valence-electron chi connectivity index (χ1n) is 10.9. The smallest absolute Gasteiger partial charge is 0.227 e. The summed E-state index contributed by atoms with van der Waals surface area (Å²) in [5.41, 5.74) is 2.64. The Labute approximate surface area is 205 Å². The Morgan fingerprint density at radius 1 is 1.24 bits per heavy atom. The van der Waals surface area contributed by atoms with Gasteiger partial charge in [-0.3, -0.25) is 9.59 Å². The molecule has 1 atom stereocenters. The van der Waals surface area contributed by atoms with E-state index < -0.39 is 6.04 Å². The number of ketones is 2. The van der Waals surface area contributed by atoms with Gasteiger partial charge >= 0.3 is 0 Å². The maximum atomic E-state index is 13.3. The number of nitrogens with one attached hydrogen (secondary N) is 1. The number of fused-ring (bicyclic) bond motifs is 1. The van der Waals surface area contributed by atoms with E-state index in [0.29, 0.717) is 40.1 Å². The number of hydrogen-bond acceptors (Lipinski definition) is 6. The number of Topliss-reactive ketones (excluding diaryl/α,β-unsaturated/α-hetero) is 2. The van der Waals surface area contributed by atoms with Crippen LogP contribution in [0.2, 0.25) is 5.02 Å². The minimum atomic E-state index is -0.455. The standard InChI is InChI=1S/C25H22ClFN4O2S/c1-25(2)11-18-21(19(32)12-25)22(15-4-3-5-16(26)10-15)31-23(28-18)29-24(30-31)34-13-20(33)14-6-8-17(27)9-7-14/h3-10,22H,11-13H2,1-2H3,(H,28,29,30). The molecule has 0 bridgehead atoms. The highest BCUT2D eigenvalue weighted by molar-refractivity contribution is 7.99. The van der Waals surface area contributed by atoms with Gasteiger partial charge in [-0.25, -0.2) is 9.07 Å². The third-order valence-corrected chi connectivity index (χ3v) is 7.05. The molecule has 1 aliphatic heterocycles. The van der Waals surface area contributed by atoms with Crippen molar-refractivity contribution in [2.75, 3.05) is 11.1 Å². The highest BCUT2D eigenvalue weighted by Gasteiger charge is 2.42. The Hall–Kier alpha value is -2.97. The lowest BCUT2D eigenvalue weighted by atomic mass is 9.73. The predicted molar refractivity (Wildman–Crippen MR) is 130 cm³/mol. The summed E-state index contributed by atoms with van der Waals surface area (Å²) in [6.07, 6.45) is 1.16. The molecule has 0 spiro atoms. The van der Waals surface area contributed by atoms with E-state index in [1.165, 1.54) is 36.0 Å². The van der Waals surface area contributed by atoms with Gasteiger partial charge in [0, 0.05) is 28.3 Å². The molecule has 2 heterocycles. The van der Waals surface area contributed by atoms with Crippen LogP contribution in [0.3, 0.4) is 0 Å². The summed E-state index contributed by atoms with van der Waals surface area (Å²) in [6.45, 7) is 4.15. The van der Waals surface area contributed by atoms with Crippen molar-refractivity contribution >= 4 is 40.9 Å². The Balaban J connectivity index is 1.47. The molecule has 2 aromatic carbocycles. The maximum absolute atomic E-state index is 13.3. The van der Waals surface area contributed by atoms with Crippen molar-refractivity contribution in [1.82, 2.24) is 14.8 Å². The molecule has 174 valence electrons. The lowest BCUT2D eigenvalue weighted by Crippen LogP contribution is -2.36. The minimum Gasteiger partial charge on any atom is -0.328 e. The van der Waals surface area contributed by atoms with Crippen LogP contribution >= 0.6 is 23.4 Å². The predicted octanol–water partition coefficient (Wildman–Crippen LogP) is 5.70. The van der Waals surface area contributed by atoms with Crippen LogP contribution in [0.25, 0.3) is 0 Å². The van der Waals surface area contributed by atoms with Crippen LogP contribution in [0.5, 0.6) is 0 Å². The highest BCUT2D eigenvalue weighted by Crippen LogP contribution is 2.45. The molecule has 1 aromatic heterocycles. The van der Waals surface area contributed by atoms with Crippen molar-refractivity contribution in [2.24, 2.45) is 5.41 Å². The molecule has 0 saturated heterocycles. The topological polar surface area (TPSA) is 76.9 Å². The van der Waals surface area contributed by atoms with Gasteiger partial charge in [0.25, 0.3) is 0 Å². The van der Waals surface area contributed by atoms with Gasteiger partial charge in [-0.05, 0) is 53.8 Å². The number of allylic oxidation sites excluding steroid dienone is 2. The number of carbonyl (C=O) groups is 2. The monoisotopic (exact) mass is 496 g/mol. The van der Waals surface area contributed by atoms with Crippen LogP contribution < -0.4 is 5.32 Å². The molecule has 0 fully saturated rings. The summed E-state index contributed by atoms with van der Waals surface area (Å²) >= 11 is 7.48. The SMILES string of the molecule is CC1(C)CC(=O)C2=C(C1)Nc1nc(SCC(=O)c3ccc(F)cc3)nn1C2c1cccc(Cl)c1. The zero-order valence-electron chi connectivity index (χ0n) is 18.6. The van der Waals surface area contributed by atoms with Crippen molar-refractivity contribution < 1.29 is 14.0 Å². The molecule has 1 N–H and O–H groups in total. The zero-order chi connectivity index (χ0) is 24.0. The van der Waals surface area contributed by atoms with Gasteiger partial charge in [0.1, 0.15) is 11.9 Å². The summed E-state index contributed by atoms with van der Waals surface area (Å²) < 4.78 is 14.9. The van der Waals surface area contributed by atoms with E-state index in [0.717, 1.165) is 11.3 Å². The summed E-state index contributed by atoms with van der Waals surface area (Å²) in [7, 11) is 0. The molecule has 9 heteroatoms. The van der Waals surface area contributed by atoms with E-state index in [4.69, 9.17) is 11.6 Å². The highest BCUT2D eigenvalue weighted by atomic mass is 35.5. The largest absolute Gasteiger partial charge is 0.328 e. The van der Waals surface area contributed by atoms with Crippen LogP contribution in [0, 0.1) is 11.2 Å². The number of halogens is 2. The van der Waals surface area contributed by atoms with Crippen LogP contribution in [0.4, 0.5) is 10.3 Å². The first-order valence-corrected chi connectivity index (χ1v) is 12.2. The number of anilines is 1. The summed E-state index contributed by atoms with van der Waals surface area (Å²) in [5, 5.41) is 8.95. The fourth-order valence-corrected chi connectivity index (χ4v) is 5.41. The number of thioether (sulfide) groups is 1. The number of aromatic nitrogens is 3. The molecular weight excluding hydrogens is 475 g/mol. The molecule has 1 aliphatic carbocycles. The van der Waals surface area contributed by atoms with Crippen LogP contribution in [0.15, 0.2) is 65.0 Å². The average Bonchev–Trinajstić information content (AvgIpc) is 3.18. The van der Waals surface area contributed by atoms with Gasteiger partial charge in [0.05, 0.1) is 5.75 Å². The Bertz CT molecular complexity index is 1330. The minimum absolute atomic E-state index is 0.0746. The van der Waals surface area contributed by atoms with E-state index in [2.05, 4.69) is 29.2 Å². The molecule has 6 nitrogen and oxygen atoms in total. The first kappa shape index (κ1) is 22.8. The van der Waals surface area contributed by atoms with E-state index in [9.17, 15) is 14.0 Å². The van der Waals surface area contributed by atoms with Crippen molar-refractivity contribution in [3.05, 3.63) is 81.8 Å². The van der Waals surface area contributed by atoms with E-state index in [1.807, 2.05) is 18.2 Å². The van der Waals surface area contributed by atoms with E-state index >= 15 is 0 Å². The van der Waals surface area contributed by atoms with E-state index in [1.54, 1.807) is 10.7 Å². The van der Waals surface area contributed by atoms with Crippen LogP contribution in [0.1, 0.15) is 48.7 Å². The lowest BCUT2D eigenvalue weighted by Gasteiger charge is -2.38. The zero-order valence-corrected chi connectivity index (χ0v) is 20.2. The van der Waals surface area contributed by atoms with Gasteiger partial charge < -0.3 is 5.32 Å². The molecular formula is C25H22ClFN4O2S. The van der Waals surface area contributed by atoms with Crippen molar-refractivity contribution in [3.63, 3.8) is 0 Å². The van der Waals surface area contributed by atoms with Crippen molar-refractivity contribution in [2.45, 2.75) is 37.9 Å². The van der Waals surface area contributed by atoms with Gasteiger partial charge in [-0.2, -0.15) is 4.98 Å². The third kappa shape index (κ3) is 4.40. The van der Waals surface area contributed by atoms with Crippen molar-refractivity contribution in [1.29, 1.82) is 0 Å². The van der Waals surface area contributed by atoms with Gasteiger partial charge in [-0.1, -0.05) is 49.3 Å². The Morgan fingerprint density at radius 3 is 2.74 bits per heavy atom. The number of carbonyl (C=O) groups excluding carboxylic acids is 2. The number of nitrogens with zero attached hydrogens (tertiary/aromatic N) is 3. The number of benzene rings is 2.